The fourth-order valence-electron chi connectivity index (χ4n) is 1.93. The minimum absolute atomic E-state index is 0.137. The Bertz CT molecular complexity index is 555. The second-order valence-electron chi connectivity index (χ2n) is 4.17. The van der Waals surface area contributed by atoms with Gasteiger partial charge >= 0.3 is 16.9 Å². The first-order valence-electron chi connectivity index (χ1n) is 5.67. The van der Waals surface area contributed by atoms with Crippen LogP contribution in [-0.4, -0.2) is 27.2 Å². The van der Waals surface area contributed by atoms with Crippen molar-refractivity contribution in [1.82, 2.24) is 9.55 Å². The maximum Gasteiger partial charge on any atom is 0.350 e. The molecule has 0 bridgehead atoms. The number of hydrogen-bond acceptors (Lipinski definition) is 5. The molecular weight excluding hydrogens is 242 g/mol. The van der Waals surface area contributed by atoms with Crippen molar-refractivity contribution in [1.29, 1.82) is 0 Å². The molecule has 1 atom stereocenters. The van der Waals surface area contributed by atoms with Crippen LogP contribution in [0, 0.1) is 10.1 Å². The van der Waals surface area contributed by atoms with Crippen LogP contribution < -0.4 is 11.2 Å². The molecule has 1 N–H and O–H groups in total. The number of H-pyrrole nitrogens is 1. The molecule has 1 saturated heterocycles. The van der Waals surface area contributed by atoms with Gasteiger partial charge in [0.1, 0.15) is 0 Å². The van der Waals surface area contributed by atoms with Gasteiger partial charge in [0, 0.05) is 6.61 Å². The number of ether oxygens (including phenoxy) is 1. The largest absolute Gasteiger partial charge is 0.376 e. The second-order valence-corrected chi connectivity index (χ2v) is 4.17. The monoisotopic (exact) mass is 255 g/mol. The normalized spacial score (nSPS) is 19.7. The standard InChI is InChI=1S/C10H13N3O5/c14-9-8(13(16)17)6-12(10(15)11-9)5-7-3-1-2-4-18-7/h6-7H,1-5H2,(H,11,14,15). The lowest BCUT2D eigenvalue weighted by Gasteiger charge is -2.22. The molecule has 0 aromatic carbocycles. The van der Waals surface area contributed by atoms with Gasteiger partial charge in [0.2, 0.25) is 0 Å². The molecule has 0 aliphatic carbocycles. The van der Waals surface area contributed by atoms with E-state index in [4.69, 9.17) is 4.74 Å². The third-order valence-electron chi connectivity index (χ3n) is 2.86. The summed E-state index contributed by atoms with van der Waals surface area (Å²) < 4.78 is 6.57. The van der Waals surface area contributed by atoms with Gasteiger partial charge in [-0.25, -0.2) is 4.79 Å². The maximum atomic E-state index is 11.5. The topological polar surface area (TPSA) is 107 Å². The van der Waals surface area contributed by atoms with E-state index >= 15 is 0 Å². The first-order chi connectivity index (χ1) is 8.58. The third-order valence-corrected chi connectivity index (χ3v) is 2.86. The molecule has 0 radical (unpaired) electrons. The fraction of sp³-hybridized carbons (Fsp3) is 0.600. The molecule has 1 aromatic rings. The zero-order chi connectivity index (χ0) is 13.1. The van der Waals surface area contributed by atoms with Gasteiger partial charge in [-0.05, 0) is 19.3 Å². The number of nitrogens with one attached hydrogen (secondary N) is 1. The molecule has 1 fully saturated rings. The van der Waals surface area contributed by atoms with Crippen molar-refractivity contribution in [3.8, 4) is 0 Å². The highest BCUT2D eigenvalue weighted by Crippen LogP contribution is 2.14. The average molecular weight is 255 g/mol. The summed E-state index contributed by atoms with van der Waals surface area (Å²) in [5.41, 5.74) is -2.27. The molecule has 2 rings (SSSR count). The number of aromatic amines is 1. The van der Waals surface area contributed by atoms with E-state index in [2.05, 4.69) is 0 Å². The number of aromatic nitrogens is 2. The summed E-state index contributed by atoms with van der Waals surface area (Å²) in [6.45, 7) is 0.849. The smallest absolute Gasteiger partial charge is 0.350 e. The Morgan fingerprint density at radius 3 is 2.89 bits per heavy atom. The van der Waals surface area contributed by atoms with Crippen LogP contribution in [0.25, 0.3) is 0 Å². The molecule has 2 heterocycles. The van der Waals surface area contributed by atoms with E-state index in [9.17, 15) is 19.7 Å². The Morgan fingerprint density at radius 2 is 2.28 bits per heavy atom. The Labute approximate surface area is 101 Å². The third kappa shape index (κ3) is 2.65. The lowest BCUT2D eigenvalue weighted by atomic mass is 10.1. The summed E-state index contributed by atoms with van der Waals surface area (Å²) in [5, 5.41) is 10.6. The number of nitro groups is 1. The molecular formula is C10H13N3O5. The molecule has 0 saturated carbocycles. The van der Waals surface area contributed by atoms with E-state index in [1.165, 1.54) is 0 Å². The summed E-state index contributed by atoms with van der Waals surface area (Å²) in [6, 6.07) is 0. The Hall–Kier alpha value is -1.96. The molecule has 8 nitrogen and oxygen atoms in total. The zero-order valence-corrected chi connectivity index (χ0v) is 9.63. The number of nitrogens with zero attached hydrogens (tertiary/aromatic N) is 2. The lowest BCUT2D eigenvalue weighted by molar-refractivity contribution is -0.386. The molecule has 0 amide bonds. The molecule has 1 unspecified atom stereocenters. The molecule has 1 aromatic heterocycles. The summed E-state index contributed by atoms with van der Waals surface area (Å²) >= 11 is 0. The van der Waals surface area contributed by atoms with Crippen LogP contribution in [-0.2, 0) is 11.3 Å². The SMILES string of the molecule is O=c1[nH]c(=O)n(CC2CCCCO2)cc1[N+](=O)[O-]. The second kappa shape index (κ2) is 5.13. The van der Waals surface area contributed by atoms with Gasteiger partial charge in [-0.15, -0.1) is 0 Å². The summed E-state index contributed by atoms with van der Waals surface area (Å²) in [6.07, 6.45) is 3.63. The summed E-state index contributed by atoms with van der Waals surface area (Å²) in [5.74, 6) is 0. The Morgan fingerprint density at radius 1 is 1.50 bits per heavy atom. The molecule has 1 aliphatic rings. The van der Waals surface area contributed by atoms with Gasteiger partial charge in [0.05, 0.1) is 23.8 Å². The van der Waals surface area contributed by atoms with Crippen LogP contribution in [0.1, 0.15) is 19.3 Å². The predicted molar refractivity (Wildman–Crippen MR) is 61.6 cm³/mol. The maximum absolute atomic E-state index is 11.5. The van der Waals surface area contributed by atoms with Gasteiger partial charge in [-0.3, -0.25) is 24.5 Å². The summed E-state index contributed by atoms with van der Waals surface area (Å²) in [7, 11) is 0. The minimum atomic E-state index is -0.981. The molecule has 1 aliphatic heterocycles. The van der Waals surface area contributed by atoms with E-state index in [1.54, 1.807) is 0 Å². The van der Waals surface area contributed by atoms with Crippen molar-refractivity contribution < 1.29 is 9.66 Å². The Balaban J connectivity index is 2.26. The van der Waals surface area contributed by atoms with Crippen molar-refractivity contribution in [2.24, 2.45) is 0 Å². The number of hydrogen-bond donors (Lipinski definition) is 1. The van der Waals surface area contributed by atoms with Gasteiger partial charge in [0.25, 0.3) is 0 Å². The van der Waals surface area contributed by atoms with Crippen LogP contribution in [0.4, 0.5) is 5.69 Å². The van der Waals surface area contributed by atoms with Gasteiger partial charge in [0.15, 0.2) is 0 Å². The van der Waals surface area contributed by atoms with Crippen molar-refractivity contribution >= 4 is 5.69 Å². The van der Waals surface area contributed by atoms with Gasteiger partial charge < -0.3 is 4.74 Å². The van der Waals surface area contributed by atoms with E-state index in [0.29, 0.717) is 6.61 Å². The molecule has 98 valence electrons. The van der Waals surface area contributed by atoms with E-state index in [0.717, 1.165) is 30.0 Å². The molecule has 0 spiro atoms. The van der Waals surface area contributed by atoms with Crippen LogP contribution in [0.2, 0.25) is 0 Å². The van der Waals surface area contributed by atoms with E-state index in [-0.39, 0.29) is 12.6 Å². The van der Waals surface area contributed by atoms with Gasteiger partial charge in [-0.2, -0.15) is 0 Å². The van der Waals surface area contributed by atoms with Crippen molar-refractivity contribution in [2.75, 3.05) is 6.61 Å². The highest BCUT2D eigenvalue weighted by Gasteiger charge is 2.19. The van der Waals surface area contributed by atoms with Crippen LogP contribution in [0.3, 0.4) is 0 Å². The van der Waals surface area contributed by atoms with E-state index < -0.39 is 21.9 Å². The average Bonchev–Trinajstić information content (AvgIpc) is 2.33. The fourth-order valence-corrected chi connectivity index (χ4v) is 1.93. The van der Waals surface area contributed by atoms with Crippen molar-refractivity contribution in [3.63, 3.8) is 0 Å². The molecule has 8 heteroatoms. The van der Waals surface area contributed by atoms with Gasteiger partial charge in [-0.1, -0.05) is 0 Å². The predicted octanol–water partition coefficient (Wildman–Crippen LogP) is 0.0139. The Kier molecular flexibility index (Phi) is 3.56. The lowest BCUT2D eigenvalue weighted by Crippen LogP contribution is -2.35. The summed E-state index contributed by atoms with van der Waals surface area (Å²) in [4.78, 5) is 34.4. The van der Waals surface area contributed by atoms with Crippen LogP contribution in [0.15, 0.2) is 15.8 Å². The van der Waals surface area contributed by atoms with Crippen molar-refractivity contribution in [2.45, 2.75) is 31.9 Å². The number of rotatable bonds is 3. The zero-order valence-electron chi connectivity index (χ0n) is 9.63. The highest BCUT2D eigenvalue weighted by atomic mass is 16.6. The first kappa shape index (κ1) is 12.5. The van der Waals surface area contributed by atoms with Crippen LogP contribution in [0.5, 0.6) is 0 Å². The highest BCUT2D eigenvalue weighted by molar-refractivity contribution is 5.20. The minimum Gasteiger partial charge on any atom is -0.376 e. The quantitative estimate of drug-likeness (QED) is 0.604. The molecule has 18 heavy (non-hydrogen) atoms. The first-order valence-corrected chi connectivity index (χ1v) is 5.67. The van der Waals surface area contributed by atoms with Crippen molar-refractivity contribution in [3.05, 3.63) is 37.1 Å². The van der Waals surface area contributed by atoms with Crippen LogP contribution >= 0.6 is 0 Å². The van der Waals surface area contributed by atoms with E-state index in [1.807, 2.05) is 4.98 Å².